The fourth-order valence-electron chi connectivity index (χ4n) is 1.83. The molecule has 0 saturated heterocycles. The van der Waals surface area contributed by atoms with Gasteiger partial charge in [0.05, 0.1) is 16.9 Å². The lowest BCUT2D eigenvalue weighted by Crippen LogP contribution is -2.11. The number of carboxylic acids is 1. The molecule has 7 nitrogen and oxygen atoms in total. The summed E-state index contributed by atoms with van der Waals surface area (Å²) in [6, 6.07) is 3.07. The van der Waals surface area contributed by atoms with E-state index in [4.69, 9.17) is 10.4 Å². The zero-order valence-electron chi connectivity index (χ0n) is 10.4. The molecule has 1 fully saturated rings. The fourth-order valence-corrected chi connectivity index (χ4v) is 3.05. The van der Waals surface area contributed by atoms with Crippen LogP contribution in [0.1, 0.15) is 24.8 Å². The Morgan fingerprint density at radius 1 is 1.65 bits per heavy atom. The highest BCUT2D eigenvalue weighted by molar-refractivity contribution is 7.99. The van der Waals surface area contributed by atoms with Gasteiger partial charge in [0.2, 0.25) is 0 Å². The Morgan fingerprint density at radius 2 is 2.35 bits per heavy atom. The summed E-state index contributed by atoms with van der Waals surface area (Å²) in [5.41, 5.74) is -0.292. The summed E-state index contributed by atoms with van der Waals surface area (Å²) >= 11 is 1.28. The van der Waals surface area contributed by atoms with Crippen LogP contribution in [0.5, 0.6) is 0 Å². The van der Waals surface area contributed by atoms with E-state index in [9.17, 15) is 14.9 Å². The van der Waals surface area contributed by atoms with Gasteiger partial charge in [0.1, 0.15) is 17.3 Å². The van der Waals surface area contributed by atoms with Crippen LogP contribution in [0.25, 0.3) is 0 Å². The highest BCUT2D eigenvalue weighted by Gasteiger charge is 2.44. The summed E-state index contributed by atoms with van der Waals surface area (Å²) in [5.74, 6) is -0.279. The lowest BCUT2D eigenvalue weighted by atomic mass is 10.1. The molecule has 20 heavy (non-hydrogen) atoms. The number of aromatic nitrogens is 1. The molecule has 1 aromatic rings. The van der Waals surface area contributed by atoms with Crippen LogP contribution in [-0.4, -0.2) is 26.7 Å². The molecule has 1 saturated carbocycles. The van der Waals surface area contributed by atoms with Gasteiger partial charge < -0.3 is 5.11 Å². The molecule has 0 spiro atoms. The van der Waals surface area contributed by atoms with Gasteiger partial charge >= 0.3 is 5.97 Å². The zero-order chi connectivity index (χ0) is 14.8. The predicted molar refractivity (Wildman–Crippen MR) is 70.3 cm³/mol. The van der Waals surface area contributed by atoms with E-state index in [1.807, 2.05) is 6.07 Å². The maximum atomic E-state index is 10.8. The second-order valence-corrected chi connectivity index (χ2v) is 5.74. The first-order chi connectivity index (χ1) is 9.46. The van der Waals surface area contributed by atoms with Crippen LogP contribution in [0.15, 0.2) is 17.3 Å². The SMILES string of the molecule is N#Cc1cc([N+](=O)[O-])cnc1SCC1(CC(=O)O)CC1. The van der Waals surface area contributed by atoms with E-state index >= 15 is 0 Å². The topological polar surface area (TPSA) is 117 Å². The van der Waals surface area contributed by atoms with Crippen LogP contribution in [-0.2, 0) is 4.79 Å². The average Bonchev–Trinajstić information content (AvgIpc) is 3.15. The second kappa shape index (κ2) is 5.46. The first-order valence-electron chi connectivity index (χ1n) is 5.85. The van der Waals surface area contributed by atoms with E-state index in [1.54, 1.807) is 0 Å². The van der Waals surface area contributed by atoms with Crippen LogP contribution in [0.2, 0.25) is 0 Å². The minimum absolute atomic E-state index is 0.106. The summed E-state index contributed by atoms with van der Waals surface area (Å²) in [6.07, 6.45) is 2.91. The van der Waals surface area contributed by atoms with Gasteiger partial charge in [-0.2, -0.15) is 5.26 Å². The Labute approximate surface area is 118 Å². The van der Waals surface area contributed by atoms with Crippen LogP contribution in [0.4, 0.5) is 5.69 Å². The summed E-state index contributed by atoms with van der Waals surface area (Å²) < 4.78 is 0. The number of hydrogen-bond acceptors (Lipinski definition) is 6. The number of thioether (sulfide) groups is 1. The lowest BCUT2D eigenvalue weighted by Gasteiger charge is -2.11. The number of rotatable bonds is 6. The van der Waals surface area contributed by atoms with E-state index < -0.39 is 10.9 Å². The third-order valence-electron chi connectivity index (χ3n) is 3.17. The largest absolute Gasteiger partial charge is 0.481 e. The molecule has 104 valence electrons. The molecule has 0 bridgehead atoms. The van der Waals surface area contributed by atoms with Crippen molar-refractivity contribution in [3.63, 3.8) is 0 Å². The van der Waals surface area contributed by atoms with Crippen molar-refractivity contribution in [2.75, 3.05) is 5.75 Å². The number of hydrogen-bond donors (Lipinski definition) is 1. The molecule has 1 aliphatic rings. The maximum absolute atomic E-state index is 10.8. The minimum Gasteiger partial charge on any atom is -0.481 e. The highest BCUT2D eigenvalue weighted by Crippen LogP contribution is 2.52. The van der Waals surface area contributed by atoms with Crippen molar-refractivity contribution in [2.45, 2.75) is 24.3 Å². The monoisotopic (exact) mass is 293 g/mol. The van der Waals surface area contributed by atoms with Crippen LogP contribution in [0, 0.1) is 26.9 Å². The number of nitrogens with zero attached hydrogens (tertiary/aromatic N) is 3. The molecule has 1 aliphatic carbocycles. The van der Waals surface area contributed by atoms with Crippen molar-refractivity contribution in [3.8, 4) is 6.07 Å². The molecule has 1 N–H and O–H groups in total. The van der Waals surface area contributed by atoms with Crippen molar-refractivity contribution in [1.82, 2.24) is 4.98 Å². The number of carboxylic acid groups (broad SMARTS) is 1. The minimum atomic E-state index is -0.833. The molecular formula is C12H11N3O4S. The lowest BCUT2D eigenvalue weighted by molar-refractivity contribution is -0.385. The van der Waals surface area contributed by atoms with Crippen molar-refractivity contribution in [1.29, 1.82) is 5.26 Å². The highest BCUT2D eigenvalue weighted by atomic mass is 32.2. The predicted octanol–water partition coefficient (Wildman–Crippen LogP) is 2.21. The zero-order valence-corrected chi connectivity index (χ0v) is 11.2. The van der Waals surface area contributed by atoms with E-state index in [-0.39, 0.29) is 23.1 Å². The van der Waals surface area contributed by atoms with Gasteiger partial charge in [-0.15, -0.1) is 11.8 Å². The summed E-state index contributed by atoms with van der Waals surface area (Å²) in [4.78, 5) is 24.7. The third kappa shape index (κ3) is 3.24. The van der Waals surface area contributed by atoms with E-state index in [1.165, 1.54) is 17.8 Å². The van der Waals surface area contributed by atoms with Crippen LogP contribution < -0.4 is 0 Å². The van der Waals surface area contributed by atoms with Gasteiger partial charge in [-0.25, -0.2) is 4.98 Å². The third-order valence-corrected chi connectivity index (χ3v) is 4.52. The van der Waals surface area contributed by atoms with Crippen molar-refractivity contribution in [2.24, 2.45) is 5.41 Å². The molecule has 1 heterocycles. The van der Waals surface area contributed by atoms with Gasteiger partial charge in [-0.1, -0.05) is 0 Å². The Morgan fingerprint density at radius 3 is 2.85 bits per heavy atom. The first kappa shape index (κ1) is 14.3. The number of nitro groups is 1. The van der Waals surface area contributed by atoms with E-state index in [0.29, 0.717) is 10.8 Å². The Hall–Kier alpha value is -2.14. The molecule has 0 atom stereocenters. The molecule has 8 heteroatoms. The quantitative estimate of drug-likeness (QED) is 0.485. The van der Waals surface area contributed by atoms with Gasteiger partial charge in [0.25, 0.3) is 5.69 Å². The van der Waals surface area contributed by atoms with Gasteiger partial charge in [-0.05, 0) is 18.3 Å². The van der Waals surface area contributed by atoms with Crippen molar-refractivity contribution in [3.05, 3.63) is 27.9 Å². The van der Waals surface area contributed by atoms with Crippen molar-refractivity contribution < 1.29 is 14.8 Å². The number of carbonyl (C=O) groups is 1. The Balaban J connectivity index is 2.09. The molecular weight excluding hydrogens is 282 g/mol. The van der Waals surface area contributed by atoms with Gasteiger partial charge in [-0.3, -0.25) is 14.9 Å². The first-order valence-corrected chi connectivity index (χ1v) is 6.83. The Bertz CT molecular complexity index is 607. The van der Waals surface area contributed by atoms with Crippen LogP contribution in [0.3, 0.4) is 0 Å². The number of aliphatic carboxylic acids is 1. The molecule has 2 rings (SSSR count). The average molecular weight is 293 g/mol. The van der Waals surface area contributed by atoms with Gasteiger partial charge in [0.15, 0.2) is 0 Å². The van der Waals surface area contributed by atoms with Crippen LogP contribution >= 0.6 is 11.8 Å². The molecule has 0 unspecified atom stereocenters. The molecule has 0 aliphatic heterocycles. The number of nitriles is 1. The number of pyridine rings is 1. The van der Waals surface area contributed by atoms with Crippen molar-refractivity contribution >= 4 is 23.4 Å². The second-order valence-electron chi connectivity index (χ2n) is 4.77. The fraction of sp³-hybridized carbons (Fsp3) is 0.417. The molecule has 1 aromatic heterocycles. The summed E-state index contributed by atoms with van der Waals surface area (Å²) in [6.45, 7) is 0. The Kier molecular flexibility index (Phi) is 3.90. The molecule has 0 aromatic carbocycles. The maximum Gasteiger partial charge on any atom is 0.303 e. The normalized spacial score (nSPS) is 15.3. The smallest absolute Gasteiger partial charge is 0.303 e. The standard InChI is InChI=1S/C12H11N3O4S/c13-5-8-3-9(15(18)19)6-14-11(8)20-7-12(1-2-12)4-10(16)17/h3,6H,1-2,4,7H2,(H,16,17). The molecule has 0 radical (unpaired) electrons. The van der Waals surface area contributed by atoms with E-state index in [0.717, 1.165) is 19.0 Å². The van der Waals surface area contributed by atoms with Gasteiger partial charge in [0, 0.05) is 11.8 Å². The van der Waals surface area contributed by atoms with E-state index in [2.05, 4.69) is 4.98 Å². The summed E-state index contributed by atoms with van der Waals surface area (Å²) in [7, 11) is 0. The summed E-state index contributed by atoms with van der Waals surface area (Å²) in [5, 5.41) is 28.9. The molecule has 0 amide bonds.